The van der Waals surface area contributed by atoms with Crippen LogP contribution in [0.25, 0.3) is 0 Å². The molecule has 0 aliphatic carbocycles. The summed E-state index contributed by atoms with van der Waals surface area (Å²) in [5.74, 6) is -1.50. The van der Waals surface area contributed by atoms with Gasteiger partial charge < -0.3 is 15.5 Å². The Kier molecular flexibility index (Phi) is 6.52. The average Bonchev–Trinajstić information content (AvgIpc) is 2.44. The van der Waals surface area contributed by atoms with E-state index in [1.54, 1.807) is 0 Å². The average molecular weight is 287 g/mol. The maximum atomic E-state index is 13.5. The zero-order valence-corrected chi connectivity index (χ0v) is 12.0. The summed E-state index contributed by atoms with van der Waals surface area (Å²) in [6.45, 7) is 4.53. The molecule has 0 aliphatic heterocycles. The van der Waals surface area contributed by atoms with Crippen molar-refractivity contribution in [2.75, 3.05) is 19.7 Å². The van der Waals surface area contributed by atoms with Gasteiger partial charge in [0.2, 0.25) is 0 Å². The van der Waals surface area contributed by atoms with Crippen molar-refractivity contribution < 1.29 is 19.0 Å². The molecule has 0 bridgehead atoms. The summed E-state index contributed by atoms with van der Waals surface area (Å²) >= 11 is 0. The molecule has 0 aromatic heterocycles. The zero-order valence-electron chi connectivity index (χ0n) is 12.0. The lowest BCUT2D eigenvalue weighted by Crippen LogP contribution is -2.38. The molecule has 3 N–H and O–H groups in total. The van der Waals surface area contributed by atoms with E-state index < -0.39 is 17.7 Å². The van der Waals surface area contributed by atoms with Crippen molar-refractivity contribution in [3.05, 3.63) is 35.4 Å². The second-order valence-electron chi connectivity index (χ2n) is 5.15. The maximum Gasteiger partial charge on any atom is 0.131 e. The molecule has 0 saturated heterocycles. The molecule has 0 saturated carbocycles. The van der Waals surface area contributed by atoms with E-state index in [0.29, 0.717) is 6.54 Å². The molecule has 1 aromatic rings. The van der Waals surface area contributed by atoms with Crippen LogP contribution in [0.5, 0.6) is 0 Å². The van der Waals surface area contributed by atoms with Crippen molar-refractivity contribution in [1.29, 1.82) is 0 Å². The smallest absolute Gasteiger partial charge is 0.131 e. The Morgan fingerprint density at radius 3 is 2.20 bits per heavy atom. The Morgan fingerprint density at radius 1 is 1.20 bits per heavy atom. The van der Waals surface area contributed by atoms with Crippen molar-refractivity contribution >= 4 is 0 Å². The molecule has 1 aromatic carbocycles. The Labute approximate surface area is 118 Å². The summed E-state index contributed by atoms with van der Waals surface area (Å²) in [5.41, 5.74) is -0.573. The number of nitrogens with one attached hydrogen (secondary N) is 1. The molecule has 1 atom stereocenters. The number of aliphatic hydroxyl groups excluding tert-OH is 2. The van der Waals surface area contributed by atoms with Gasteiger partial charge in [0.25, 0.3) is 0 Å². The monoisotopic (exact) mass is 287 g/mol. The highest BCUT2D eigenvalue weighted by Gasteiger charge is 2.25. The van der Waals surface area contributed by atoms with E-state index in [4.69, 9.17) is 0 Å². The molecule has 0 heterocycles. The van der Waals surface area contributed by atoms with Crippen LogP contribution in [0.3, 0.4) is 0 Å². The topological polar surface area (TPSA) is 52.5 Å². The largest absolute Gasteiger partial charge is 0.396 e. The van der Waals surface area contributed by atoms with Crippen molar-refractivity contribution in [1.82, 2.24) is 5.32 Å². The third-order valence-electron chi connectivity index (χ3n) is 4.01. The van der Waals surface area contributed by atoms with Crippen LogP contribution in [0.15, 0.2) is 18.2 Å². The van der Waals surface area contributed by atoms with Crippen LogP contribution in [0.4, 0.5) is 8.78 Å². The van der Waals surface area contributed by atoms with Gasteiger partial charge in [-0.1, -0.05) is 19.9 Å². The van der Waals surface area contributed by atoms with Gasteiger partial charge in [0.05, 0.1) is 11.7 Å². The van der Waals surface area contributed by atoms with Gasteiger partial charge in [0, 0.05) is 25.1 Å². The van der Waals surface area contributed by atoms with E-state index in [1.807, 2.05) is 13.8 Å². The number of benzene rings is 1. The van der Waals surface area contributed by atoms with E-state index >= 15 is 0 Å². The first-order valence-electron chi connectivity index (χ1n) is 6.93. The predicted molar refractivity (Wildman–Crippen MR) is 74.3 cm³/mol. The second kappa shape index (κ2) is 7.67. The van der Waals surface area contributed by atoms with E-state index in [0.717, 1.165) is 25.0 Å². The Balaban J connectivity index is 2.62. The minimum Gasteiger partial charge on any atom is -0.396 e. The number of rotatable bonds is 8. The molecule has 5 heteroatoms. The van der Waals surface area contributed by atoms with E-state index in [2.05, 4.69) is 5.32 Å². The van der Waals surface area contributed by atoms with Crippen molar-refractivity contribution in [2.24, 2.45) is 5.41 Å². The Bertz CT molecular complexity index is 394. The summed E-state index contributed by atoms with van der Waals surface area (Å²) in [5, 5.41) is 22.3. The van der Waals surface area contributed by atoms with Crippen LogP contribution in [-0.2, 0) is 0 Å². The van der Waals surface area contributed by atoms with E-state index in [-0.39, 0.29) is 24.1 Å². The van der Waals surface area contributed by atoms with Gasteiger partial charge in [0.15, 0.2) is 0 Å². The third kappa shape index (κ3) is 3.98. The van der Waals surface area contributed by atoms with E-state index in [1.165, 1.54) is 6.07 Å². The van der Waals surface area contributed by atoms with Gasteiger partial charge in [-0.2, -0.15) is 0 Å². The van der Waals surface area contributed by atoms with E-state index in [9.17, 15) is 19.0 Å². The molecule has 114 valence electrons. The summed E-state index contributed by atoms with van der Waals surface area (Å²) in [6.07, 6.45) is 0.329. The molecule has 3 nitrogen and oxygen atoms in total. The van der Waals surface area contributed by atoms with Gasteiger partial charge in [-0.3, -0.25) is 0 Å². The van der Waals surface area contributed by atoms with Gasteiger partial charge in [-0.15, -0.1) is 0 Å². The highest BCUT2D eigenvalue weighted by atomic mass is 19.1. The van der Waals surface area contributed by atoms with Crippen LogP contribution in [0.2, 0.25) is 0 Å². The summed E-state index contributed by atoms with van der Waals surface area (Å²) in [4.78, 5) is 0. The van der Waals surface area contributed by atoms with Gasteiger partial charge in [0.1, 0.15) is 11.6 Å². The summed E-state index contributed by atoms with van der Waals surface area (Å²) in [7, 11) is 0. The van der Waals surface area contributed by atoms with Crippen molar-refractivity contribution in [3.63, 3.8) is 0 Å². The summed E-state index contributed by atoms with van der Waals surface area (Å²) in [6, 6.07) is 3.51. The fourth-order valence-electron chi connectivity index (χ4n) is 2.18. The lowest BCUT2D eigenvalue weighted by molar-refractivity contribution is 0.103. The SMILES string of the molecule is CCC(CC)(CO)CNCC(O)c1c(F)cccc1F. The fourth-order valence-corrected chi connectivity index (χ4v) is 2.18. The molecule has 0 fully saturated rings. The minimum absolute atomic E-state index is 0.0388. The number of hydrogen-bond donors (Lipinski definition) is 3. The first-order valence-corrected chi connectivity index (χ1v) is 6.93. The quantitative estimate of drug-likeness (QED) is 0.688. The van der Waals surface area contributed by atoms with Gasteiger partial charge in [-0.25, -0.2) is 8.78 Å². The molecule has 0 spiro atoms. The van der Waals surface area contributed by atoms with Gasteiger partial charge in [-0.05, 0) is 25.0 Å². The number of aliphatic hydroxyl groups is 2. The number of hydrogen-bond acceptors (Lipinski definition) is 3. The molecule has 0 radical (unpaired) electrons. The van der Waals surface area contributed by atoms with Gasteiger partial charge >= 0.3 is 0 Å². The standard InChI is InChI=1S/C15H23F2NO2/c1-3-15(4-2,10-19)9-18-8-13(20)14-11(16)6-5-7-12(14)17/h5-7,13,18-20H,3-4,8-10H2,1-2H3. The maximum absolute atomic E-state index is 13.5. The van der Waals surface area contributed by atoms with Crippen LogP contribution in [0, 0.1) is 17.0 Å². The molecule has 1 rings (SSSR count). The molecular weight excluding hydrogens is 264 g/mol. The number of halogens is 2. The van der Waals surface area contributed by atoms with Crippen molar-refractivity contribution in [3.8, 4) is 0 Å². The first-order chi connectivity index (χ1) is 9.49. The van der Waals surface area contributed by atoms with Crippen LogP contribution in [-0.4, -0.2) is 29.9 Å². The second-order valence-corrected chi connectivity index (χ2v) is 5.15. The molecule has 1 unspecified atom stereocenters. The Morgan fingerprint density at radius 2 is 1.75 bits per heavy atom. The van der Waals surface area contributed by atoms with Crippen LogP contribution < -0.4 is 5.32 Å². The third-order valence-corrected chi connectivity index (χ3v) is 4.01. The predicted octanol–water partition coefficient (Wildman–Crippen LogP) is 2.39. The fraction of sp³-hybridized carbons (Fsp3) is 0.600. The highest BCUT2D eigenvalue weighted by molar-refractivity contribution is 5.22. The molecular formula is C15H23F2NO2. The lowest BCUT2D eigenvalue weighted by Gasteiger charge is -2.30. The minimum atomic E-state index is -1.25. The normalized spacial score (nSPS) is 13.5. The summed E-state index contributed by atoms with van der Waals surface area (Å²) < 4.78 is 27.0. The molecule has 0 amide bonds. The molecule has 0 aliphatic rings. The Hall–Kier alpha value is -1.04. The molecule has 20 heavy (non-hydrogen) atoms. The lowest BCUT2D eigenvalue weighted by atomic mass is 9.83. The van der Waals surface area contributed by atoms with Crippen LogP contribution in [0.1, 0.15) is 38.4 Å². The zero-order chi connectivity index (χ0) is 15.2. The van der Waals surface area contributed by atoms with Crippen LogP contribution >= 0.6 is 0 Å². The highest BCUT2D eigenvalue weighted by Crippen LogP contribution is 2.25. The first kappa shape index (κ1) is 17.0. The van der Waals surface area contributed by atoms with Crippen molar-refractivity contribution in [2.45, 2.75) is 32.8 Å².